The molecule has 2 aromatic carbocycles. The predicted molar refractivity (Wildman–Crippen MR) is 104 cm³/mol. The molecule has 0 bridgehead atoms. The highest BCUT2D eigenvalue weighted by Crippen LogP contribution is 2.39. The van der Waals surface area contributed by atoms with Gasteiger partial charge in [0.2, 0.25) is 0 Å². The number of para-hydroxylation sites is 1. The number of hydrogen-bond acceptors (Lipinski definition) is 5. The van der Waals surface area contributed by atoms with Gasteiger partial charge >= 0.3 is 5.97 Å². The molecule has 0 fully saturated rings. The SMILES string of the molecule is O=C(O)CC1Oc2c(F)cccc2N(Cc2nc3ccc(Cl)c(Cl)c3s2)C1=O. The molecule has 6 nitrogen and oxygen atoms in total. The lowest BCUT2D eigenvalue weighted by molar-refractivity contribution is -0.142. The third-order valence-corrected chi connectivity index (χ3v) is 6.18. The molecule has 1 atom stereocenters. The second-order valence-electron chi connectivity index (χ2n) is 6.03. The first-order chi connectivity index (χ1) is 13.3. The van der Waals surface area contributed by atoms with Crippen LogP contribution in [0.3, 0.4) is 0 Å². The van der Waals surface area contributed by atoms with E-state index in [2.05, 4.69) is 4.98 Å². The maximum absolute atomic E-state index is 14.2. The molecule has 0 saturated carbocycles. The van der Waals surface area contributed by atoms with Crippen LogP contribution in [-0.2, 0) is 16.1 Å². The third kappa shape index (κ3) is 3.28. The monoisotopic (exact) mass is 440 g/mol. The summed E-state index contributed by atoms with van der Waals surface area (Å²) in [6.45, 7) is 0.0159. The summed E-state index contributed by atoms with van der Waals surface area (Å²) in [5, 5.41) is 10.3. The lowest BCUT2D eigenvalue weighted by Crippen LogP contribution is -2.46. The topological polar surface area (TPSA) is 79.7 Å². The van der Waals surface area contributed by atoms with E-state index in [9.17, 15) is 14.0 Å². The van der Waals surface area contributed by atoms with Gasteiger partial charge in [-0.05, 0) is 24.3 Å². The molecule has 3 aromatic rings. The fraction of sp³-hybridized carbons (Fsp3) is 0.167. The van der Waals surface area contributed by atoms with Crippen LogP contribution < -0.4 is 9.64 Å². The van der Waals surface area contributed by atoms with Gasteiger partial charge in [-0.15, -0.1) is 11.3 Å². The van der Waals surface area contributed by atoms with Crippen molar-refractivity contribution in [2.75, 3.05) is 4.90 Å². The summed E-state index contributed by atoms with van der Waals surface area (Å²) in [5.74, 6) is -2.64. The fourth-order valence-corrected chi connectivity index (χ4v) is 4.43. The molecule has 1 unspecified atom stereocenters. The molecule has 144 valence electrons. The number of amides is 1. The van der Waals surface area contributed by atoms with Crippen molar-refractivity contribution in [2.24, 2.45) is 0 Å². The number of thiazole rings is 1. The molecular weight excluding hydrogens is 430 g/mol. The molecule has 1 aromatic heterocycles. The number of ether oxygens (including phenoxy) is 1. The minimum absolute atomic E-state index is 0.0159. The summed E-state index contributed by atoms with van der Waals surface area (Å²) in [4.78, 5) is 29.6. The first kappa shape index (κ1) is 18.9. The molecule has 1 amide bonds. The Morgan fingerprint density at radius 1 is 1.32 bits per heavy atom. The molecule has 10 heteroatoms. The van der Waals surface area contributed by atoms with Crippen molar-refractivity contribution in [3.05, 3.63) is 51.2 Å². The van der Waals surface area contributed by atoms with Crippen LogP contribution in [0.2, 0.25) is 10.0 Å². The average Bonchev–Trinajstić information content (AvgIpc) is 3.06. The summed E-state index contributed by atoms with van der Waals surface area (Å²) in [6, 6.07) is 7.51. The maximum Gasteiger partial charge on any atom is 0.307 e. The van der Waals surface area contributed by atoms with Gasteiger partial charge in [0.15, 0.2) is 17.7 Å². The number of fused-ring (bicyclic) bond motifs is 2. The summed E-state index contributed by atoms with van der Waals surface area (Å²) in [5.41, 5.74) is 0.840. The van der Waals surface area contributed by atoms with Crippen molar-refractivity contribution in [3.8, 4) is 5.75 Å². The minimum Gasteiger partial charge on any atom is -0.481 e. The number of carboxylic acid groups (broad SMARTS) is 1. The molecule has 0 saturated heterocycles. The van der Waals surface area contributed by atoms with Gasteiger partial charge in [-0.1, -0.05) is 29.3 Å². The molecule has 1 aliphatic heterocycles. The van der Waals surface area contributed by atoms with Crippen molar-refractivity contribution < 1.29 is 23.8 Å². The molecule has 28 heavy (non-hydrogen) atoms. The summed E-state index contributed by atoms with van der Waals surface area (Å²) in [6.07, 6.45) is -1.90. The Labute approximate surface area is 172 Å². The van der Waals surface area contributed by atoms with Crippen LogP contribution in [0.15, 0.2) is 30.3 Å². The van der Waals surface area contributed by atoms with E-state index in [4.69, 9.17) is 33.0 Å². The number of carbonyl (C=O) groups is 2. The smallest absolute Gasteiger partial charge is 0.307 e. The quantitative estimate of drug-likeness (QED) is 0.645. The van der Waals surface area contributed by atoms with Crippen LogP contribution in [0.25, 0.3) is 10.2 Å². The number of rotatable bonds is 4. The standard InChI is InChI=1S/C18H11Cl2FN2O4S/c19-8-4-5-10-17(15(8)20)28-13(22-10)7-23-11-3-1-2-9(21)16(11)27-12(18(23)26)6-14(24)25/h1-5,12H,6-7H2,(H,24,25). The maximum atomic E-state index is 14.2. The van der Waals surface area contributed by atoms with Gasteiger partial charge in [-0.2, -0.15) is 0 Å². The van der Waals surface area contributed by atoms with Crippen LogP contribution in [0.1, 0.15) is 11.4 Å². The molecule has 1 N–H and O–H groups in total. The van der Waals surface area contributed by atoms with E-state index in [1.165, 1.54) is 34.4 Å². The molecule has 0 radical (unpaired) electrons. The van der Waals surface area contributed by atoms with Crippen LogP contribution >= 0.6 is 34.5 Å². The summed E-state index contributed by atoms with van der Waals surface area (Å²) in [7, 11) is 0. The van der Waals surface area contributed by atoms with E-state index >= 15 is 0 Å². The van der Waals surface area contributed by atoms with Gasteiger partial charge in [0.25, 0.3) is 5.91 Å². The lowest BCUT2D eigenvalue weighted by atomic mass is 10.1. The van der Waals surface area contributed by atoms with E-state index in [-0.39, 0.29) is 18.0 Å². The third-order valence-electron chi connectivity index (χ3n) is 4.19. The zero-order valence-corrected chi connectivity index (χ0v) is 16.3. The van der Waals surface area contributed by atoms with Gasteiger partial charge < -0.3 is 9.84 Å². The number of carbonyl (C=O) groups excluding carboxylic acids is 1. The molecule has 2 heterocycles. The summed E-state index contributed by atoms with van der Waals surface area (Å²) < 4.78 is 20.2. The highest BCUT2D eigenvalue weighted by Gasteiger charge is 2.37. The second-order valence-corrected chi connectivity index (χ2v) is 7.90. The fourth-order valence-electron chi connectivity index (χ4n) is 2.95. The Bertz CT molecular complexity index is 1120. The van der Waals surface area contributed by atoms with Gasteiger partial charge in [0.05, 0.1) is 38.9 Å². The number of nitrogens with zero attached hydrogens (tertiary/aromatic N) is 2. The number of benzene rings is 2. The second kappa shape index (κ2) is 7.20. The molecule has 0 spiro atoms. The van der Waals surface area contributed by atoms with Crippen molar-refractivity contribution in [1.82, 2.24) is 4.98 Å². The molecule has 0 aliphatic carbocycles. The van der Waals surface area contributed by atoms with Gasteiger partial charge in [-0.25, -0.2) is 9.37 Å². The van der Waals surface area contributed by atoms with E-state index in [1.807, 2.05) is 0 Å². The molecular formula is C18H11Cl2FN2O4S. The predicted octanol–water partition coefficient (Wildman–Crippen LogP) is 4.51. The van der Waals surface area contributed by atoms with Crippen molar-refractivity contribution in [1.29, 1.82) is 0 Å². The van der Waals surface area contributed by atoms with Crippen LogP contribution in [0.4, 0.5) is 10.1 Å². The first-order valence-corrected chi connectivity index (χ1v) is 9.64. The van der Waals surface area contributed by atoms with E-state index in [0.29, 0.717) is 25.3 Å². The zero-order valence-electron chi connectivity index (χ0n) is 14.0. The van der Waals surface area contributed by atoms with Crippen molar-refractivity contribution >= 4 is 62.3 Å². The highest BCUT2D eigenvalue weighted by molar-refractivity contribution is 7.19. The van der Waals surface area contributed by atoms with Gasteiger partial charge in [-0.3, -0.25) is 14.5 Å². The Morgan fingerprint density at radius 3 is 2.86 bits per heavy atom. The van der Waals surface area contributed by atoms with Crippen molar-refractivity contribution in [3.63, 3.8) is 0 Å². The minimum atomic E-state index is -1.32. The Balaban J connectivity index is 1.75. The zero-order chi connectivity index (χ0) is 20.0. The Kier molecular flexibility index (Phi) is 4.86. The van der Waals surface area contributed by atoms with E-state index in [1.54, 1.807) is 12.1 Å². The number of aromatic nitrogens is 1. The van der Waals surface area contributed by atoms with Gasteiger partial charge in [0.1, 0.15) is 5.01 Å². The number of anilines is 1. The Morgan fingerprint density at radius 2 is 2.11 bits per heavy atom. The Hall–Kier alpha value is -2.42. The van der Waals surface area contributed by atoms with E-state index < -0.39 is 30.2 Å². The summed E-state index contributed by atoms with van der Waals surface area (Å²) >= 11 is 13.5. The normalized spacial score (nSPS) is 16.2. The number of halogens is 3. The van der Waals surface area contributed by atoms with Crippen molar-refractivity contribution in [2.45, 2.75) is 19.1 Å². The molecule has 1 aliphatic rings. The van der Waals surface area contributed by atoms with Crippen LogP contribution in [0, 0.1) is 5.82 Å². The lowest BCUT2D eigenvalue weighted by Gasteiger charge is -2.33. The van der Waals surface area contributed by atoms with E-state index in [0.717, 1.165) is 0 Å². The van der Waals surface area contributed by atoms with Crippen LogP contribution in [-0.4, -0.2) is 28.1 Å². The van der Waals surface area contributed by atoms with Gasteiger partial charge in [0, 0.05) is 0 Å². The van der Waals surface area contributed by atoms with Crippen LogP contribution in [0.5, 0.6) is 5.75 Å². The highest BCUT2D eigenvalue weighted by atomic mass is 35.5. The first-order valence-electron chi connectivity index (χ1n) is 8.07. The largest absolute Gasteiger partial charge is 0.481 e. The number of carboxylic acids is 1. The average molecular weight is 441 g/mol. The number of hydrogen-bond donors (Lipinski definition) is 1. The number of aliphatic carboxylic acids is 1. The molecule has 4 rings (SSSR count).